The summed E-state index contributed by atoms with van der Waals surface area (Å²) in [6.45, 7) is 5.86. The van der Waals surface area contributed by atoms with E-state index in [4.69, 9.17) is 0 Å². The molecule has 3 rings (SSSR count). The Balaban J connectivity index is 2.20. The lowest BCUT2D eigenvalue weighted by atomic mass is 10.1. The third-order valence-corrected chi connectivity index (χ3v) is 4.12. The van der Waals surface area contributed by atoms with Crippen LogP contribution in [0.25, 0.3) is 11.0 Å². The zero-order valence-corrected chi connectivity index (χ0v) is 13.6. The maximum atomic E-state index is 12.1. The van der Waals surface area contributed by atoms with Crippen LogP contribution in [0.2, 0.25) is 0 Å². The van der Waals surface area contributed by atoms with Gasteiger partial charge in [-0.2, -0.15) is 5.10 Å². The van der Waals surface area contributed by atoms with Gasteiger partial charge >= 0.3 is 0 Å². The second-order valence-electron chi connectivity index (χ2n) is 5.17. The Morgan fingerprint density at radius 2 is 1.90 bits per heavy atom. The molecule has 0 fully saturated rings. The first-order valence-corrected chi connectivity index (χ1v) is 7.48. The van der Waals surface area contributed by atoms with Gasteiger partial charge in [0, 0.05) is 0 Å². The maximum Gasteiger partial charge on any atom is 0.263 e. The average Bonchev–Trinajstić information content (AvgIpc) is 2.76. The second kappa shape index (κ2) is 5.11. The Bertz CT molecular complexity index is 864. The molecule has 0 aliphatic carbocycles. The highest BCUT2D eigenvalue weighted by Gasteiger charge is 2.18. The largest absolute Gasteiger partial charge is 0.310 e. The SMILES string of the molecule is Cc1ccc(C(C)n2nc(Br)c3c(=O)[nH]c(C)nc32)cc1. The minimum atomic E-state index is -0.174. The van der Waals surface area contributed by atoms with Crippen LogP contribution in [0.4, 0.5) is 0 Å². The number of benzene rings is 1. The predicted octanol–water partition coefficient (Wildman–Crippen LogP) is 3.11. The van der Waals surface area contributed by atoms with Crippen molar-refractivity contribution in [2.24, 2.45) is 0 Å². The standard InChI is InChI=1S/C15H15BrN4O/c1-8-4-6-11(7-5-8)9(2)20-14-12(13(16)19-20)15(21)18-10(3)17-14/h4-7,9H,1-3H3,(H,17,18,21). The summed E-state index contributed by atoms with van der Waals surface area (Å²) in [4.78, 5) is 19.2. The molecule has 0 radical (unpaired) electrons. The molecule has 2 aromatic heterocycles. The van der Waals surface area contributed by atoms with Crippen LogP contribution < -0.4 is 5.56 Å². The highest BCUT2D eigenvalue weighted by molar-refractivity contribution is 9.10. The fourth-order valence-electron chi connectivity index (χ4n) is 2.37. The van der Waals surface area contributed by atoms with Gasteiger partial charge in [0.25, 0.3) is 5.56 Å². The molecular weight excluding hydrogens is 332 g/mol. The van der Waals surface area contributed by atoms with Gasteiger partial charge in [0.15, 0.2) is 5.65 Å². The Hall–Kier alpha value is -1.95. The summed E-state index contributed by atoms with van der Waals surface area (Å²) in [5.41, 5.74) is 2.75. The van der Waals surface area contributed by atoms with Crippen LogP contribution in [0.15, 0.2) is 33.7 Å². The molecule has 0 saturated heterocycles. The van der Waals surface area contributed by atoms with Gasteiger partial charge in [-0.25, -0.2) is 9.67 Å². The van der Waals surface area contributed by atoms with E-state index in [0.717, 1.165) is 5.56 Å². The van der Waals surface area contributed by atoms with Crippen molar-refractivity contribution in [3.8, 4) is 0 Å². The van der Waals surface area contributed by atoms with Crippen molar-refractivity contribution in [3.63, 3.8) is 0 Å². The summed E-state index contributed by atoms with van der Waals surface area (Å²) < 4.78 is 2.30. The monoisotopic (exact) mass is 346 g/mol. The number of halogens is 1. The summed E-state index contributed by atoms with van der Waals surface area (Å²) in [5.74, 6) is 0.581. The number of rotatable bonds is 2. The van der Waals surface area contributed by atoms with Gasteiger partial charge in [-0.05, 0) is 42.3 Å². The van der Waals surface area contributed by atoms with Crippen LogP contribution in [0.5, 0.6) is 0 Å². The topological polar surface area (TPSA) is 63.6 Å². The van der Waals surface area contributed by atoms with E-state index in [9.17, 15) is 4.79 Å². The van der Waals surface area contributed by atoms with E-state index in [1.807, 2.05) is 6.92 Å². The molecule has 0 amide bonds. The lowest BCUT2D eigenvalue weighted by molar-refractivity contribution is 0.575. The third-order valence-electron chi connectivity index (χ3n) is 3.56. The quantitative estimate of drug-likeness (QED) is 0.775. The summed E-state index contributed by atoms with van der Waals surface area (Å²) in [6, 6.07) is 8.27. The fraction of sp³-hybridized carbons (Fsp3) is 0.267. The first-order valence-electron chi connectivity index (χ1n) is 6.68. The number of hydrogen-bond acceptors (Lipinski definition) is 3. The van der Waals surface area contributed by atoms with Gasteiger partial charge < -0.3 is 4.98 Å². The zero-order chi connectivity index (χ0) is 15.1. The minimum Gasteiger partial charge on any atom is -0.310 e. The third kappa shape index (κ3) is 2.40. The van der Waals surface area contributed by atoms with E-state index < -0.39 is 0 Å². The molecule has 1 N–H and O–H groups in total. The summed E-state index contributed by atoms with van der Waals surface area (Å²) in [5, 5.41) is 4.93. The number of H-pyrrole nitrogens is 1. The Morgan fingerprint density at radius 1 is 1.24 bits per heavy atom. The number of aryl methyl sites for hydroxylation is 2. The number of fused-ring (bicyclic) bond motifs is 1. The van der Waals surface area contributed by atoms with Crippen molar-refractivity contribution in [2.45, 2.75) is 26.8 Å². The number of hydrogen-bond donors (Lipinski definition) is 1. The Labute approximate surface area is 130 Å². The smallest absolute Gasteiger partial charge is 0.263 e. The van der Waals surface area contributed by atoms with Crippen LogP contribution in [0.3, 0.4) is 0 Å². The summed E-state index contributed by atoms with van der Waals surface area (Å²) >= 11 is 3.35. The van der Waals surface area contributed by atoms with Crippen LogP contribution >= 0.6 is 15.9 Å². The van der Waals surface area contributed by atoms with Gasteiger partial charge in [-0.1, -0.05) is 29.8 Å². The van der Waals surface area contributed by atoms with Crippen LogP contribution in [0.1, 0.15) is 29.9 Å². The highest BCUT2D eigenvalue weighted by atomic mass is 79.9. The molecule has 0 aliphatic heterocycles. The molecule has 0 bridgehead atoms. The number of nitrogens with zero attached hydrogens (tertiary/aromatic N) is 3. The summed E-state index contributed by atoms with van der Waals surface area (Å²) in [6.07, 6.45) is 0. The molecule has 5 nitrogen and oxygen atoms in total. The molecule has 6 heteroatoms. The molecule has 1 aromatic carbocycles. The molecule has 21 heavy (non-hydrogen) atoms. The van der Waals surface area contributed by atoms with Gasteiger partial charge in [0.2, 0.25) is 0 Å². The molecule has 0 spiro atoms. The van der Waals surface area contributed by atoms with Gasteiger partial charge in [0.1, 0.15) is 15.8 Å². The average molecular weight is 347 g/mol. The molecule has 1 atom stereocenters. The van der Waals surface area contributed by atoms with Crippen molar-refractivity contribution in [2.75, 3.05) is 0 Å². The van der Waals surface area contributed by atoms with Crippen molar-refractivity contribution >= 4 is 27.0 Å². The first-order chi connectivity index (χ1) is 9.97. The molecule has 1 unspecified atom stereocenters. The molecule has 2 heterocycles. The lowest BCUT2D eigenvalue weighted by Crippen LogP contribution is -2.13. The normalized spacial score (nSPS) is 12.8. The van der Waals surface area contributed by atoms with E-state index in [1.165, 1.54) is 5.56 Å². The summed E-state index contributed by atoms with van der Waals surface area (Å²) in [7, 11) is 0. The predicted molar refractivity (Wildman–Crippen MR) is 85.6 cm³/mol. The minimum absolute atomic E-state index is 0.00639. The van der Waals surface area contributed by atoms with Crippen molar-refractivity contribution < 1.29 is 0 Å². The van der Waals surface area contributed by atoms with E-state index in [-0.39, 0.29) is 11.6 Å². The van der Waals surface area contributed by atoms with Gasteiger partial charge in [-0.15, -0.1) is 0 Å². The number of aromatic amines is 1. The molecule has 0 aliphatic rings. The maximum absolute atomic E-state index is 12.1. The van der Waals surface area contributed by atoms with E-state index in [1.54, 1.807) is 11.6 Å². The van der Waals surface area contributed by atoms with Crippen LogP contribution in [-0.4, -0.2) is 19.7 Å². The van der Waals surface area contributed by atoms with Crippen LogP contribution in [-0.2, 0) is 0 Å². The highest BCUT2D eigenvalue weighted by Crippen LogP contribution is 2.25. The molecule has 3 aromatic rings. The molecular formula is C15H15BrN4O. The zero-order valence-electron chi connectivity index (χ0n) is 12.0. The number of nitrogens with one attached hydrogen (secondary N) is 1. The lowest BCUT2D eigenvalue weighted by Gasteiger charge is -2.13. The Kier molecular flexibility index (Phi) is 3.41. The van der Waals surface area contributed by atoms with E-state index in [0.29, 0.717) is 21.5 Å². The van der Waals surface area contributed by atoms with Gasteiger partial charge in [0.05, 0.1) is 6.04 Å². The first kappa shape index (κ1) is 14.0. The van der Waals surface area contributed by atoms with Crippen LogP contribution in [0, 0.1) is 13.8 Å². The van der Waals surface area contributed by atoms with Gasteiger partial charge in [-0.3, -0.25) is 4.79 Å². The second-order valence-corrected chi connectivity index (χ2v) is 5.92. The fourth-order valence-corrected chi connectivity index (χ4v) is 2.90. The van der Waals surface area contributed by atoms with Crippen molar-refractivity contribution in [3.05, 3.63) is 56.2 Å². The van der Waals surface area contributed by atoms with E-state index >= 15 is 0 Å². The molecule has 108 valence electrons. The van der Waals surface area contributed by atoms with E-state index in [2.05, 4.69) is 62.2 Å². The van der Waals surface area contributed by atoms with Crippen molar-refractivity contribution in [1.29, 1.82) is 0 Å². The Morgan fingerprint density at radius 3 is 2.57 bits per heavy atom. The van der Waals surface area contributed by atoms with Crippen molar-refractivity contribution in [1.82, 2.24) is 19.7 Å². The molecule has 0 saturated carbocycles. The number of aromatic nitrogens is 4.